The second kappa shape index (κ2) is 6.51. The average Bonchev–Trinajstić information content (AvgIpc) is 3.46. The molecule has 6 rings (SSSR count). The Bertz CT molecular complexity index is 1280. The summed E-state index contributed by atoms with van der Waals surface area (Å²) in [7, 11) is 0. The van der Waals surface area contributed by atoms with Gasteiger partial charge in [0.05, 0.1) is 33.5 Å². The minimum Gasteiger partial charge on any atom is -0.341 e. The molecule has 0 saturated heterocycles. The molecular weight excluding hydrogens is 396 g/mol. The van der Waals surface area contributed by atoms with Gasteiger partial charge in [-0.25, -0.2) is 15.0 Å². The summed E-state index contributed by atoms with van der Waals surface area (Å²) in [5, 5.41) is 0.717. The molecule has 6 nitrogen and oxygen atoms in total. The predicted molar refractivity (Wildman–Crippen MR) is 117 cm³/mol. The maximum Gasteiger partial charge on any atom is 0.136 e. The van der Waals surface area contributed by atoms with Crippen LogP contribution in [0.2, 0.25) is 5.02 Å². The first-order valence-corrected chi connectivity index (χ1v) is 10.7. The molecule has 0 unspecified atom stereocenters. The van der Waals surface area contributed by atoms with Crippen LogP contribution >= 0.6 is 11.6 Å². The van der Waals surface area contributed by atoms with Crippen LogP contribution in [-0.2, 0) is 11.8 Å². The third kappa shape index (κ3) is 2.78. The first-order chi connectivity index (χ1) is 14.6. The zero-order valence-electron chi connectivity index (χ0n) is 16.7. The standard InChI is InChI=1S/C23H21ClN6/c1-14-25-11-8-21(26-14)30-12-2-3-17-19(30)6-7-20(27-17)23(9-10-23)22-28-16-5-4-15(24)13-18(16)29-22/h4-8,11,13H,2-3,9-10,12H2,1H3,(H,28,29). The molecule has 4 aromatic rings. The number of nitrogens with one attached hydrogen (secondary N) is 1. The van der Waals surface area contributed by atoms with Crippen LogP contribution in [0, 0.1) is 6.92 Å². The zero-order valence-corrected chi connectivity index (χ0v) is 17.4. The Balaban J connectivity index is 1.39. The summed E-state index contributed by atoms with van der Waals surface area (Å²) >= 11 is 6.15. The third-order valence-electron chi connectivity index (χ3n) is 6.21. The van der Waals surface area contributed by atoms with Crippen LogP contribution in [0.25, 0.3) is 11.0 Å². The number of aryl methyl sites for hydroxylation is 2. The van der Waals surface area contributed by atoms with Crippen molar-refractivity contribution in [3.63, 3.8) is 0 Å². The second-order valence-corrected chi connectivity index (χ2v) is 8.64. The molecule has 1 saturated carbocycles. The molecular formula is C23H21ClN6. The Hall–Kier alpha value is -2.99. The molecule has 0 amide bonds. The SMILES string of the molecule is Cc1nccc(N2CCCc3nc(C4(c5nc6ccc(Cl)cc6[nH]5)CC4)ccc32)n1. The molecule has 0 spiro atoms. The molecule has 0 atom stereocenters. The van der Waals surface area contributed by atoms with Gasteiger partial charge in [-0.3, -0.25) is 4.98 Å². The van der Waals surface area contributed by atoms with Gasteiger partial charge in [0.1, 0.15) is 17.5 Å². The van der Waals surface area contributed by atoms with Gasteiger partial charge in [-0.2, -0.15) is 0 Å². The third-order valence-corrected chi connectivity index (χ3v) is 6.45. The summed E-state index contributed by atoms with van der Waals surface area (Å²) in [5.74, 6) is 2.71. The summed E-state index contributed by atoms with van der Waals surface area (Å²) in [6, 6.07) is 12.1. The van der Waals surface area contributed by atoms with Crippen molar-refractivity contribution in [2.75, 3.05) is 11.4 Å². The maximum atomic E-state index is 6.15. The van der Waals surface area contributed by atoms with E-state index >= 15 is 0 Å². The second-order valence-electron chi connectivity index (χ2n) is 8.21. The number of hydrogen-bond donors (Lipinski definition) is 1. The Kier molecular flexibility index (Phi) is 3.87. The molecule has 1 N–H and O–H groups in total. The van der Waals surface area contributed by atoms with E-state index < -0.39 is 0 Å². The van der Waals surface area contributed by atoms with Gasteiger partial charge in [-0.1, -0.05) is 11.6 Å². The first-order valence-electron chi connectivity index (χ1n) is 10.4. The number of anilines is 2. The molecule has 1 aromatic carbocycles. The van der Waals surface area contributed by atoms with Crippen LogP contribution < -0.4 is 4.90 Å². The number of hydrogen-bond acceptors (Lipinski definition) is 5. The highest BCUT2D eigenvalue weighted by molar-refractivity contribution is 6.31. The Labute approximate surface area is 179 Å². The maximum absolute atomic E-state index is 6.15. The summed E-state index contributed by atoms with van der Waals surface area (Å²) in [6.45, 7) is 2.87. The van der Waals surface area contributed by atoms with E-state index in [0.29, 0.717) is 0 Å². The summed E-state index contributed by atoms with van der Waals surface area (Å²) in [6.07, 6.45) is 5.97. The van der Waals surface area contributed by atoms with E-state index in [2.05, 4.69) is 32.0 Å². The Morgan fingerprint density at radius 1 is 1.07 bits per heavy atom. The summed E-state index contributed by atoms with van der Waals surface area (Å²) in [5.41, 5.74) is 5.20. The minimum absolute atomic E-state index is 0.117. The van der Waals surface area contributed by atoms with Crippen molar-refractivity contribution in [2.45, 2.75) is 38.0 Å². The van der Waals surface area contributed by atoms with Gasteiger partial charge >= 0.3 is 0 Å². The van der Waals surface area contributed by atoms with Gasteiger partial charge in [0, 0.05) is 17.8 Å². The van der Waals surface area contributed by atoms with E-state index in [9.17, 15) is 0 Å². The van der Waals surface area contributed by atoms with E-state index in [1.165, 1.54) is 0 Å². The lowest BCUT2D eigenvalue weighted by Gasteiger charge is -2.30. The number of benzene rings is 1. The van der Waals surface area contributed by atoms with Gasteiger partial charge in [0.25, 0.3) is 0 Å². The highest BCUT2D eigenvalue weighted by Crippen LogP contribution is 2.52. The minimum atomic E-state index is -0.117. The van der Waals surface area contributed by atoms with Gasteiger partial charge in [-0.15, -0.1) is 0 Å². The van der Waals surface area contributed by atoms with E-state index in [4.69, 9.17) is 21.6 Å². The van der Waals surface area contributed by atoms with Crippen molar-refractivity contribution in [1.29, 1.82) is 0 Å². The largest absolute Gasteiger partial charge is 0.341 e. The highest BCUT2D eigenvalue weighted by atomic mass is 35.5. The van der Waals surface area contributed by atoms with Crippen molar-refractivity contribution in [3.8, 4) is 0 Å². The highest BCUT2D eigenvalue weighted by Gasteiger charge is 2.50. The van der Waals surface area contributed by atoms with Crippen LogP contribution in [0.15, 0.2) is 42.6 Å². The fourth-order valence-corrected chi connectivity index (χ4v) is 4.67. The number of halogens is 1. The molecule has 1 aliphatic carbocycles. The van der Waals surface area contributed by atoms with Crippen LogP contribution in [0.3, 0.4) is 0 Å². The fourth-order valence-electron chi connectivity index (χ4n) is 4.50. The van der Waals surface area contributed by atoms with Crippen LogP contribution in [0.5, 0.6) is 0 Å². The van der Waals surface area contributed by atoms with E-state index in [1.807, 2.05) is 37.4 Å². The van der Waals surface area contributed by atoms with E-state index in [1.54, 1.807) is 0 Å². The number of aromatic amines is 1. The molecule has 1 fully saturated rings. The predicted octanol–water partition coefficient (Wildman–Crippen LogP) is 4.87. The van der Waals surface area contributed by atoms with Crippen molar-refractivity contribution in [3.05, 3.63) is 70.7 Å². The number of pyridine rings is 1. The van der Waals surface area contributed by atoms with Gasteiger partial charge < -0.3 is 9.88 Å². The number of fused-ring (bicyclic) bond motifs is 2. The molecule has 7 heteroatoms. The normalized spacial score (nSPS) is 17.2. The summed E-state index contributed by atoms with van der Waals surface area (Å²) in [4.78, 5) is 24.6. The molecule has 2 aliphatic rings. The number of nitrogens with zero attached hydrogens (tertiary/aromatic N) is 5. The van der Waals surface area contributed by atoms with Crippen molar-refractivity contribution in [1.82, 2.24) is 24.9 Å². The van der Waals surface area contributed by atoms with Crippen LogP contribution in [0.4, 0.5) is 11.5 Å². The average molecular weight is 417 g/mol. The number of imidazole rings is 1. The summed E-state index contributed by atoms with van der Waals surface area (Å²) < 4.78 is 0. The van der Waals surface area contributed by atoms with E-state index in [0.717, 1.165) is 82.8 Å². The van der Waals surface area contributed by atoms with E-state index in [-0.39, 0.29) is 5.41 Å². The van der Waals surface area contributed by atoms with Crippen LogP contribution in [0.1, 0.15) is 42.3 Å². The fraction of sp³-hybridized carbons (Fsp3) is 0.304. The first kappa shape index (κ1) is 17.8. The zero-order chi connectivity index (χ0) is 20.3. The monoisotopic (exact) mass is 416 g/mol. The number of aromatic nitrogens is 5. The lowest BCUT2D eigenvalue weighted by Crippen LogP contribution is -2.27. The van der Waals surface area contributed by atoms with Gasteiger partial charge in [0.15, 0.2) is 0 Å². The molecule has 30 heavy (non-hydrogen) atoms. The topological polar surface area (TPSA) is 70.6 Å². The van der Waals surface area contributed by atoms with Crippen LogP contribution in [-0.4, -0.2) is 31.5 Å². The lowest BCUT2D eigenvalue weighted by atomic mass is 9.98. The van der Waals surface area contributed by atoms with Crippen molar-refractivity contribution >= 4 is 34.1 Å². The molecule has 0 bridgehead atoms. The van der Waals surface area contributed by atoms with Crippen molar-refractivity contribution < 1.29 is 0 Å². The number of H-pyrrole nitrogens is 1. The quantitative estimate of drug-likeness (QED) is 0.515. The Morgan fingerprint density at radius 3 is 2.80 bits per heavy atom. The molecule has 150 valence electrons. The molecule has 3 aromatic heterocycles. The lowest BCUT2D eigenvalue weighted by molar-refractivity contribution is 0.699. The number of rotatable bonds is 3. The van der Waals surface area contributed by atoms with Gasteiger partial charge in [-0.05, 0) is 69.0 Å². The molecule has 0 radical (unpaired) electrons. The molecule has 4 heterocycles. The van der Waals surface area contributed by atoms with Gasteiger partial charge in [0.2, 0.25) is 0 Å². The molecule has 1 aliphatic heterocycles. The Morgan fingerprint density at radius 2 is 1.97 bits per heavy atom. The van der Waals surface area contributed by atoms with Crippen molar-refractivity contribution in [2.24, 2.45) is 0 Å². The smallest absolute Gasteiger partial charge is 0.136 e.